The van der Waals surface area contributed by atoms with Crippen LogP contribution in [0.3, 0.4) is 0 Å². The third kappa shape index (κ3) is 4.93. The second-order valence-corrected chi connectivity index (χ2v) is 6.73. The average molecular weight is 290 g/mol. The Hall–Kier alpha value is -0.260. The number of hydrogen-bond acceptors (Lipinski definition) is 3. The summed E-state index contributed by atoms with van der Waals surface area (Å²) in [6, 6.07) is 0. The lowest BCUT2D eigenvalue weighted by Crippen LogP contribution is -2.46. The van der Waals surface area contributed by atoms with Gasteiger partial charge in [-0.1, -0.05) is 6.92 Å². The largest absolute Gasteiger partial charge is 0.389 e. The highest BCUT2D eigenvalue weighted by atomic mass is 19.3. The van der Waals surface area contributed by atoms with Crippen LogP contribution in [-0.4, -0.2) is 66.2 Å². The smallest absolute Gasteiger partial charge is 0.251 e. The monoisotopic (exact) mass is 290 g/mol. The first-order valence-corrected chi connectivity index (χ1v) is 7.92. The van der Waals surface area contributed by atoms with Crippen LogP contribution >= 0.6 is 0 Å². The van der Waals surface area contributed by atoms with Gasteiger partial charge in [0.05, 0.1) is 12.1 Å². The van der Waals surface area contributed by atoms with Gasteiger partial charge in [0, 0.05) is 19.6 Å². The van der Waals surface area contributed by atoms with E-state index in [2.05, 4.69) is 11.8 Å². The minimum absolute atomic E-state index is 0.115. The fourth-order valence-corrected chi connectivity index (χ4v) is 3.43. The number of alkyl halides is 2. The molecular formula is C15H28F2N2O. The summed E-state index contributed by atoms with van der Waals surface area (Å²) in [6.07, 6.45) is 2.63. The van der Waals surface area contributed by atoms with Gasteiger partial charge < -0.3 is 5.11 Å². The van der Waals surface area contributed by atoms with Gasteiger partial charge in [0.25, 0.3) is 6.43 Å². The standard InChI is InChI=1S/C15H28F2N2O/c1-13-3-5-15(20,6-4-13)12-19-8-2-7-18(9-10-19)11-14(16)17/h13-14,20H,2-12H2,1H3. The molecule has 0 unspecified atom stereocenters. The molecule has 118 valence electrons. The summed E-state index contributed by atoms with van der Waals surface area (Å²) in [5.74, 6) is 0.723. The maximum atomic E-state index is 12.4. The minimum Gasteiger partial charge on any atom is -0.389 e. The number of aliphatic hydroxyl groups is 1. The highest BCUT2D eigenvalue weighted by Gasteiger charge is 2.34. The molecule has 5 heteroatoms. The van der Waals surface area contributed by atoms with Crippen LogP contribution in [0.2, 0.25) is 0 Å². The summed E-state index contributed by atoms with van der Waals surface area (Å²) in [7, 11) is 0. The van der Waals surface area contributed by atoms with E-state index in [4.69, 9.17) is 0 Å². The van der Waals surface area contributed by atoms with Crippen LogP contribution in [0.15, 0.2) is 0 Å². The second kappa shape index (κ2) is 7.14. The molecule has 2 rings (SSSR count). The Morgan fingerprint density at radius 1 is 1.10 bits per heavy atom. The SMILES string of the molecule is CC1CCC(O)(CN2CCCN(CC(F)F)CC2)CC1. The van der Waals surface area contributed by atoms with Gasteiger partial charge in [-0.05, 0) is 51.1 Å². The van der Waals surface area contributed by atoms with Gasteiger partial charge in [-0.25, -0.2) is 8.78 Å². The molecule has 1 aliphatic heterocycles. The number of rotatable bonds is 4. The van der Waals surface area contributed by atoms with Crippen LogP contribution in [0.5, 0.6) is 0 Å². The van der Waals surface area contributed by atoms with Crippen molar-refractivity contribution in [3.8, 4) is 0 Å². The Morgan fingerprint density at radius 2 is 1.70 bits per heavy atom. The van der Waals surface area contributed by atoms with Crippen LogP contribution in [0, 0.1) is 5.92 Å². The summed E-state index contributed by atoms with van der Waals surface area (Å²) in [5, 5.41) is 10.7. The third-order valence-electron chi connectivity index (χ3n) is 4.80. The topological polar surface area (TPSA) is 26.7 Å². The van der Waals surface area contributed by atoms with Crippen LogP contribution in [0.4, 0.5) is 8.78 Å². The Balaban J connectivity index is 1.79. The molecule has 0 radical (unpaired) electrons. The van der Waals surface area contributed by atoms with E-state index in [9.17, 15) is 13.9 Å². The van der Waals surface area contributed by atoms with Crippen molar-refractivity contribution in [2.75, 3.05) is 39.3 Å². The van der Waals surface area contributed by atoms with Crippen molar-refractivity contribution < 1.29 is 13.9 Å². The molecule has 1 saturated heterocycles. The van der Waals surface area contributed by atoms with E-state index in [1.165, 1.54) is 0 Å². The van der Waals surface area contributed by atoms with Crippen molar-refractivity contribution in [3.05, 3.63) is 0 Å². The molecule has 3 nitrogen and oxygen atoms in total. The zero-order chi connectivity index (χ0) is 14.6. The number of hydrogen-bond donors (Lipinski definition) is 1. The lowest BCUT2D eigenvalue weighted by Gasteiger charge is -2.38. The molecule has 0 aromatic rings. The van der Waals surface area contributed by atoms with Crippen molar-refractivity contribution in [3.63, 3.8) is 0 Å². The maximum absolute atomic E-state index is 12.4. The van der Waals surface area contributed by atoms with Crippen molar-refractivity contribution in [2.45, 2.75) is 51.1 Å². The predicted octanol–water partition coefficient (Wildman–Crippen LogP) is 2.20. The van der Waals surface area contributed by atoms with Gasteiger partial charge in [0.2, 0.25) is 0 Å². The van der Waals surface area contributed by atoms with Gasteiger partial charge in [-0.15, -0.1) is 0 Å². The molecule has 1 N–H and O–H groups in total. The average Bonchev–Trinajstić information content (AvgIpc) is 2.58. The van der Waals surface area contributed by atoms with Crippen molar-refractivity contribution in [1.29, 1.82) is 0 Å². The summed E-state index contributed by atoms with van der Waals surface area (Å²) < 4.78 is 24.8. The van der Waals surface area contributed by atoms with Crippen LogP contribution in [0.1, 0.15) is 39.0 Å². The molecule has 20 heavy (non-hydrogen) atoms. The van der Waals surface area contributed by atoms with Crippen LogP contribution < -0.4 is 0 Å². The van der Waals surface area contributed by atoms with E-state index in [0.717, 1.165) is 57.7 Å². The van der Waals surface area contributed by atoms with Gasteiger partial charge in [0.1, 0.15) is 0 Å². The van der Waals surface area contributed by atoms with E-state index >= 15 is 0 Å². The van der Waals surface area contributed by atoms with Gasteiger partial charge in [0.15, 0.2) is 0 Å². The van der Waals surface area contributed by atoms with E-state index < -0.39 is 12.0 Å². The molecule has 0 spiro atoms. The van der Waals surface area contributed by atoms with Crippen LogP contribution in [0.25, 0.3) is 0 Å². The normalized spacial score (nSPS) is 34.4. The summed E-state index contributed by atoms with van der Waals surface area (Å²) in [6.45, 7) is 5.99. The molecule has 1 heterocycles. The molecule has 0 amide bonds. The summed E-state index contributed by atoms with van der Waals surface area (Å²) in [4.78, 5) is 4.11. The molecule has 0 aromatic carbocycles. The van der Waals surface area contributed by atoms with Crippen molar-refractivity contribution >= 4 is 0 Å². The molecule has 2 fully saturated rings. The van der Waals surface area contributed by atoms with Gasteiger partial charge in [-0.3, -0.25) is 9.80 Å². The Labute approximate surface area is 120 Å². The van der Waals surface area contributed by atoms with E-state index in [1.807, 2.05) is 4.90 Å². The fourth-order valence-electron chi connectivity index (χ4n) is 3.43. The first-order chi connectivity index (χ1) is 9.47. The Morgan fingerprint density at radius 3 is 2.35 bits per heavy atom. The number of nitrogens with zero attached hydrogens (tertiary/aromatic N) is 2. The Kier molecular flexibility index (Phi) is 5.75. The van der Waals surface area contributed by atoms with Crippen molar-refractivity contribution in [1.82, 2.24) is 9.80 Å². The zero-order valence-electron chi connectivity index (χ0n) is 12.5. The zero-order valence-corrected chi connectivity index (χ0v) is 12.5. The predicted molar refractivity (Wildman–Crippen MR) is 76.1 cm³/mol. The quantitative estimate of drug-likeness (QED) is 0.860. The van der Waals surface area contributed by atoms with E-state index in [0.29, 0.717) is 13.1 Å². The van der Waals surface area contributed by atoms with E-state index in [-0.39, 0.29) is 6.54 Å². The fraction of sp³-hybridized carbons (Fsp3) is 1.00. The molecule has 0 aromatic heterocycles. The third-order valence-corrected chi connectivity index (χ3v) is 4.80. The number of β-amino-alcohol motifs (C(OH)–C–C–N with tert-alkyl or cyclic N) is 1. The number of halogens is 2. The second-order valence-electron chi connectivity index (χ2n) is 6.73. The summed E-state index contributed by atoms with van der Waals surface area (Å²) >= 11 is 0. The minimum atomic E-state index is -2.24. The molecular weight excluding hydrogens is 262 g/mol. The van der Waals surface area contributed by atoms with E-state index in [1.54, 1.807) is 0 Å². The van der Waals surface area contributed by atoms with Crippen LogP contribution in [-0.2, 0) is 0 Å². The maximum Gasteiger partial charge on any atom is 0.251 e. The highest BCUT2D eigenvalue weighted by Crippen LogP contribution is 2.32. The molecule has 0 atom stereocenters. The van der Waals surface area contributed by atoms with Gasteiger partial charge in [-0.2, -0.15) is 0 Å². The van der Waals surface area contributed by atoms with Crippen molar-refractivity contribution in [2.24, 2.45) is 5.92 Å². The van der Waals surface area contributed by atoms with Gasteiger partial charge >= 0.3 is 0 Å². The first-order valence-electron chi connectivity index (χ1n) is 7.92. The summed E-state index contributed by atoms with van der Waals surface area (Å²) in [5.41, 5.74) is -0.551. The molecule has 0 bridgehead atoms. The molecule has 2 aliphatic rings. The molecule has 1 aliphatic carbocycles. The highest BCUT2D eigenvalue weighted by molar-refractivity contribution is 4.88. The Bertz CT molecular complexity index is 294. The molecule has 1 saturated carbocycles. The lowest BCUT2D eigenvalue weighted by molar-refractivity contribution is -0.0344. The first kappa shape index (κ1) is 16.1. The lowest BCUT2D eigenvalue weighted by atomic mass is 9.79.